The molecule has 0 bridgehead atoms. The zero-order chi connectivity index (χ0) is 20.1. The maximum Gasteiger partial charge on any atom is 0.283 e. The number of ketones is 1. The molecule has 0 atom stereocenters. The molecule has 0 saturated carbocycles. The van der Waals surface area contributed by atoms with E-state index in [-0.39, 0.29) is 46.7 Å². The molecule has 1 saturated heterocycles. The lowest BCUT2D eigenvalue weighted by atomic mass is 9.97. The van der Waals surface area contributed by atoms with Gasteiger partial charge in [-0.1, -0.05) is 18.2 Å². The van der Waals surface area contributed by atoms with Gasteiger partial charge in [0.15, 0.2) is 5.78 Å². The van der Waals surface area contributed by atoms with Crippen LogP contribution in [0.3, 0.4) is 0 Å². The van der Waals surface area contributed by atoms with Crippen LogP contribution in [0.5, 0.6) is 0 Å². The topological polar surface area (TPSA) is 101 Å². The third-order valence-corrected chi connectivity index (χ3v) is 5.51. The van der Waals surface area contributed by atoms with Gasteiger partial charge in [0.05, 0.1) is 15.4 Å². The molecule has 2 N–H and O–H groups in total. The number of piperidine rings is 1. The number of thioether (sulfide) groups is 1. The summed E-state index contributed by atoms with van der Waals surface area (Å²) < 4.78 is 0. The fourth-order valence-corrected chi connectivity index (χ4v) is 3.78. The lowest BCUT2D eigenvalue weighted by Crippen LogP contribution is -2.43. The molecule has 2 aromatic carbocycles. The Kier molecular flexibility index (Phi) is 8.19. The summed E-state index contributed by atoms with van der Waals surface area (Å²) in [6, 6.07) is 11.0. The van der Waals surface area contributed by atoms with E-state index in [4.69, 9.17) is 0 Å². The highest BCUT2D eigenvalue weighted by atomic mass is 35.5. The highest BCUT2D eigenvalue weighted by molar-refractivity contribution is 7.98. The van der Waals surface area contributed by atoms with E-state index < -0.39 is 10.7 Å². The number of amides is 1. The summed E-state index contributed by atoms with van der Waals surface area (Å²) in [6.07, 6.45) is 3.42. The van der Waals surface area contributed by atoms with Crippen molar-refractivity contribution in [2.75, 3.05) is 19.3 Å². The number of halogens is 1. The van der Waals surface area contributed by atoms with Crippen LogP contribution >= 0.6 is 24.2 Å². The second kappa shape index (κ2) is 10.4. The minimum absolute atomic E-state index is 0. The monoisotopic (exact) mass is 435 g/mol. The molecule has 7 nitrogen and oxygen atoms in total. The van der Waals surface area contributed by atoms with Gasteiger partial charge in [0, 0.05) is 23.2 Å². The van der Waals surface area contributed by atoms with Crippen LogP contribution in [-0.4, -0.2) is 42.0 Å². The van der Waals surface area contributed by atoms with Gasteiger partial charge < -0.3 is 10.6 Å². The van der Waals surface area contributed by atoms with E-state index in [0.717, 1.165) is 25.9 Å². The van der Waals surface area contributed by atoms with Crippen molar-refractivity contribution in [2.45, 2.75) is 23.8 Å². The Labute approximate surface area is 179 Å². The Morgan fingerprint density at radius 1 is 1.14 bits per heavy atom. The summed E-state index contributed by atoms with van der Waals surface area (Å²) in [7, 11) is 0. The van der Waals surface area contributed by atoms with Crippen molar-refractivity contribution < 1.29 is 14.5 Å². The van der Waals surface area contributed by atoms with Crippen LogP contribution < -0.4 is 10.6 Å². The van der Waals surface area contributed by atoms with E-state index in [1.54, 1.807) is 42.7 Å². The first-order valence-electron chi connectivity index (χ1n) is 8.99. The fourth-order valence-electron chi connectivity index (χ4n) is 3.24. The molecule has 1 aliphatic heterocycles. The van der Waals surface area contributed by atoms with Crippen molar-refractivity contribution in [3.8, 4) is 0 Å². The highest BCUT2D eigenvalue weighted by Crippen LogP contribution is 2.29. The Balaban J connectivity index is 0.00000300. The molecule has 9 heteroatoms. The fraction of sp³-hybridized carbons (Fsp3) is 0.300. The number of nitrogens with one attached hydrogen (secondary N) is 2. The minimum atomic E-state index is -0.502. The van der Waals surface area contributed by atoms with Gasteiger partial charge in [-0.2, -0.15) is 0 Å². The van der Waals surface area contributed by atoms with Crippen LogP contribution in [0.15, 0.2) is 47.4 Å². The number of hydrogen-bond donors (Lipinski definition) is 2. The van der Waals surface area contributed by atoms with E-state index in [2.05, 4.69) is 10.6 Å². The van der Waals surface area contributed by atoms with Crippen LogP contribution in [0.1, 0.15) is 39.1 Å². The number of rotatable bonds is 6. The van der Waals surface area contributed by atoms with Gasteiger partial charge in [-0.15, -0.1) is 24.2 Å². The van der Waals surface area contributed by atoms with Crippen LogP contribution in [0.2, 0.25) is 0 Å². The van der Waals surface area contributed by atoms with Gasteiger partial charge in [-0.05, 0) is 50.4 Å². The van der Waals surface area contributed by atoms with E-state index in [9.17, 15) is 19.7 Å². The molecule has 1 aliphatic rings. The molecular weight excluding hydrogens is 414 g/mol. The molecule has 1 heterocycles. The molecule has 29 heavy (non-hydrogen) atoms. The SMILES string of the molecule is CSc1ccc(C(=O)c2ccccc2C(=O)NC2CCNCC2)cc1[N+](=O)[O-].Cl. The maximum atomic E-state index is 13.0. The van der Waals surface area contributed by atoms with Crippen molar-refractivity contribution in [2.24, 2.45) is 0 Å². The van der Waals surface area contributed by atoms with E-state index in [1.165, 1.54) is 17.8 Å². The summed E-state index contributed by atoms with van der Waals surface area (Å²) in [4.78, 5) is 37.1. The minimum Gasteiger partial charge on any atom is -0.349 e. The smallest absolute Gasteiger partial charge is 0.283 e. The Morgan fingerprint density at radius 2 is 1.79 bits per heavy atom. The highest BCUT2D eigenvalue weighted by Gasteiger charge is 2.23. The van der Waals surface area contributed by atoms with Crippen LogP contribution in [-0.2, 0) is 0 Å². The van der Waals surface area contributed by atoms with Gasteiger partial charge in [0.1, 0.15) is 0 Å². The average molecular weight is 436 g/mol. The predicted molar refractivity (Wildman–Crippen MR) is 115 cm³/mol. The van der Waals surface area contributed by atoms with Crippen molar-refractivity contribution in [3.63, 3.8) is 0 Å². The maximum absolute atomic E-state index is 13.0. The summed E-state index contributed by atoms with van der Waals surface area (Å²) in [5.74, 6) is -0.710. The quantitative estimate of drug-likeness (QED) is 0.312. The second-order valence-electron chi connectivity index (χ2n) is 6.52. The average Bonchev–Trinajstić information content (AvgIpc) is 2.73. The summed E-state index contributed by atoms with van der Waals surface area (Å²) in [5.41, 5.74) is 0.587. The molecular formula is C20H22ClN3O4S. The third-order valence-electron chi connectivity index (χ3n) is 4.73. The van der Waals surface area contributed by atoms with Crippen molar-refractivity contribution in [1.29, 1.82) is 0 Å². The van der Waals surface area contributed by atoms with Crippen LogP contribution in [0.4, 0.5) is 5.69 Å². The van der Waals surface area contributed by atoms with E-state index >= 15 is 0 Å². The number of nitro groups is 1. The lowest BCUT2D eigenvalue weighted by molar-refractivity contribution is -0.387. The van der Waals surface area contributed by atoms with Gasteiger partial charge in [-0.25, -0.2) is 0 Å². The molecule has 0 unspecified atom stereocenters. The molecule has 1 amide bonds. The lowest BCUT2D eigenvalue weighted by Gasteiger charge is -2.24. The van der Waals surface area contributed by atoms with Gasteiger partial charge in [-0.3, -0.25) is 19.7 Å². The van der Waals surface area contributed by atoms with Gasteiger partial charge in [0.2, 0.25) is 0 Å². The molecule has 0 radical (unpaired) electrons. The largest absolute Gasteiger partial charge is 0.349 e. The first kappa shape index (κ1) is 22.9. The zero-order valence-corrected chi connectivity index (χ0v) is 17.5. The van der Waals surface area contributed by atoms with E-state index in [1.807, 2.05) is 0 Å². The standard InChI is InChI=1S/C20H21N3O4S.ClH/c1-28-18-7-6-13(12-17(18)23(26)27)19(24)15-4-2-3-5-16(15)20(25)22-14-8-10-21-11-9-14;/h2-7,12,14,21H,8-11H2,1H3,(H,22,25);1H. The zero-order valence-electron chi connectivity index (χ0n) is 15.8. The van der Waals surface area contributed by atoms with Crippen LogP contribution in [0.25, 0.3) is 0 Å². The Morgan fingerprint density at radius 3 is 2.41 bits per heavy atom. The Bertz CT molecular complexity index is 916. The number of hydrogen-bond acceptors (Lipinski definition) is 6. The van der Waals surface area contributed by atoms with Crippen LogP contribution in [0, 0.1) is 10.1 Å². The molecule has 0 aromatic heterocycles. The third kappa shape index (κ3) is 5.35. The first-order valence-corrected chi connectivity index (χ1v) is 10.2. The molecule has 0 aliphatic carbocycles. The van der Waals surface area contributed by atoms with Gasteiger partial charge in [0.25, 0.3) is 11.6 Å². The van der Waals surface area contributed by atoms with E-state index in [0.29, 0.717) is 4.90 Å². The molecule has 0 spiro atoms. The van der Waals surface area contributed by atoms with Crippen molar-refractivity contribution in [3.05, 3.63) is 69.3 Å². The Hall–Kier alpha value is -2.42. The summed E-state index contributed by atoms with van der Waals surface area (Å²) >= 11 is 1.25. The number of carbonyl (C=O) groups is 2. The number of carbonyl (C=O) groups excluding carboxylic acids is 2. The first-order chi connectivity index (χ1) is 13.5. The normalized spacial score (nSPS) is 14.0. The summed E-state index contributed by atoms with van der Waals surface area (Å²) in [5, 5.41) is 17.5. The number of nitrogens with zero attached hydrogens (tertiary/aromatic N) is 1. The van der Waals surface area contributed by atoms with Crippen molar-refractivity contribution >= 4 is 41.5 Å². The second-order valence-corrected chi connectivity index (χ2v) is 7.36. The number of benzene rings is 2. The number of nitro benzene ring substituents is 1. The molecule has 1 fully saturated rings. The van der Waals surface area contributed by atoms with Gasteiger partial charge >= 0.3 is 0 Å². The molecule has 2 aromatic rings. The van der Waals surface area contributed by atoms with Crippen molar-refractivity contribution in [1.82, 2.24) is 10.6 Å². The molecule has 154 valence electrons. The predicted octanol–water partition coefficient (Wildman–Crippen LogP) is 3.45. The molecule has 3 rings (SSSR count). The summed E-state index contributed by atoms with van der Waals surface area (Å²) in [6.45, 7) is 1.69.